The van der Waals surface area contributed by atoms with Gasteiger partial charge in [0.2, 0.25) is 5.91 Å². The Morgan fingerprint density at radius 3 is 2.71 bits per heavy atom. The van der Waals surface area contributed by atoms with Gasteiger partial charge in [-0.1, -0.05) is 24.3 Å². The van der Waals surface area contributed by atoms with Crippen LogP contribution in [0, 0.1) is 6.92 Å². The second-order valence-electron chi connectivity index (χ2n) is 4.29. The van der Waals surface area contributed by atoms with E-state index in [1.54, 1.807) is 0 Å². The van der Waals surface area contributed by atoms with Gasteiger partial charge in [0.15, 0.2) is 0 Å². The predicted octanol–water partition coefficient (Wildman–Crippen LogP) is 3.58. The van der Waals surface area contributed by atoms with E-state index in [1.165, 1.54) is 11.1 Å². The van der Waals surface area contributed by atoms with Crippen molar-refractivity contribution in [3.63, 3.8) is 0 Å². The zero-order valence-electron chi connectivity index (χ0n) is 10.5. The maximum absolute atomic E-state index is 11.7. The lowest BCUT2D eigenvalue weighted by atomic mass is 10.0. The van der Waals surface area contributed by atoms with Crippen LogP contribution in [0.4, 0.5) is 0 Å². The molecule has 94 valence electrons. The number of benzene rings is 1. The molecule has 0 saturated carbocycles. The molecule has 17 heavy (non-hydrogen) atoms. The van der Waals surface area contributed by atoms with Crippen LogP contribution in [0.1, 0.15) is 43.4 Å². The van der Waals surface area contributed by atoms with Gasteiger partial charge in [0.25, 0.3) is 0 Å². The van der Waals surface area contributed by atoms with Gasteiger partial charge in [-0.25, -0.2) is 0 Å². The average molecular weight is 254 g/mol. The third-order valence-corrected chi connectivity index (χ3v) is 3.09. The number of hydrogen-bond donors (Lipinski definition) is 1. The number of halogens is 1. The highest BCUT2D eigenvalue weighted by atomic mass is 35.5. The minimum Gasteiger partial charge on any atom is -0.350 e. The van der Waals surface area contributed by atoms with Gasteiger partial charge in [-0.2, -0.15) is 0 Å². The van der Waals surface area contributed by atoms with Crippen LogP contribution in [-0.4, -0.2) is 11.8 Å². The molecule has 1 aromatic rings. The summed E-state index contributed by atoms with van der Waals surface area (Å²) in [6.07, 6.45) is 2.31. The molecule has 0 aromatic heterocycles. The fourth-order valence-electron chi connectivity index (χ4n) is 1.84. The Kier molecular flexibility index (Phi) is 6.06. The number of amides is 1. The summed E-state index contributed by atoms with van der Waals surface area (Å²) in [6.45, 7) is 4.08. The molecule has 1 N–H and O–H groups in total. The molecule has 1 amide bonds. The summed E-state index contributed by atoms with van der Waals surface area (Å²) in [5, 5.41) is 3.01. The van der Waals surface area contributed by atoms with Crippen molar-refractivity contribution in [3.05, 3.63) is 35.4 Å². The zero-order valence-corrected chi connectivity index (χ0v) is 11.3. The number of hydrogen-bond acceptors (Lipinski definition) is 1. The summed E-state index contributed by atoms with van der Waals surface area (Å²) in [5.41, 5.74) is 2.39. The molecule has 1 rings (SSSR count). The van der Waals surface area contributed by atoms with Crippen LogP contribution < -0.4 is 5.32 Å². The Labute approximate surface area is 108 Å². The van der Waals surface area contributed by atoms with Gasteiger partial charge in [-0.05, 0) is 37.8 Å². The van der Waals surface area contributed by atoms with Crippen molar-refractivity contribution in [1.82, 2.24) is 5.32 Å². The molecule has 3 heteroatoms. The lowest BCUT2D eigenvalue weighted by molar-refractivity contribution is -0.121. The van der Waals surface area contributed by atoms with E-state index in [-0.39, 0.29) is 11.9 Å². The van der Waals surface area contributed by atoms with Crippen LogP contribution in [-0.2, 0) is 4.79 Å². The van der Waals surface area contributed by atoms with Gasteiger partial charge >= 0.3 is 0 Å². The van der Waals surface area contributed by atoms with Crippen LogP contribution in [0.25, 0.3) is 0 Å². The minimum absolute atomic E-state index is 0.0692. The highest BCUT2D eigenvalue weighted by molar-refractivity contribution is 6.17. The van der Waals surface area contributed by atoms with Gasteiger partial charge in [0.05, 0.1) is 6.04 Å². The first-order chi connectivity index (χ1) is 8.15. The second kappa shape index (κ2) is 7.33. The molecular formula is C14H20ClNO. The Morgan fingerprint density at radius 1 is 1.35 bits per heavy atom. The van der Waals surface area contributed by atoms with E-state index in [9.17, 15) is 4.79 Å². The molecule has 0 aliphatic rings. The van der Waals surface area contributed by atoms with Crippen molar-refractivity contribution in [2.75, 3.05) is 5.88 Å². The number of carbonyl (C=O) groups excluding carboxylic acids is 1. The van der Waals surface area contributed by atoms with E-state index in [4.69, 9.17) is 11.6 Å². The van der Waals surface area contributed by atoms with Crippen LogP contribution in [0.2, 0.25) is 0 Å². The second-order valence-corrected chi connectivity index (χ2v) is 4.67. The molecule has 0 saturated heterocycles. The van der Waals surface area contributed by atoms with Crippen molar-refractivity contribution in [1.29, 1.82) is 0 Å². The van der Waals surface area contributed by atoms with Gasteiger partial charge in [-0.3, -0.25) is 4.79 Å². The molecule has 0 bridgehead atoms. The van der Waals surface area contributed by atoms with E-state index in [0.717, 1.165) is 12.8 Å². The summed E-state index contributed by atoms with van der Waals surface area (Å²) in [7, 11) is 0. The van der Waals surface area contributed by atoms with Crippen molar-refractivity contribution in [3.8, 4) is 0 Å². The van der Waals surface area contributed by atoms with Crippen LogP contribution in [0.3, 0.4) is 0 Å². The van der Waals surface area contributed by atoms with E-state index in [0.29, 0.717) is 12.3 Å². The summed E-state index contributed by atoms with van der Waals surface area (Å²) < 4.78 is 0. The van der Waals surface area contributed by atoms with E-state index in [1.807, 2.05) is 19.1 Å². The topological polar surface area (TPSA) is 29.1 Å². The van der Waals surface area contributed by atoms with Crippen LogP contribution in [0.15, 0.2) is 24.3 Å². The first kappa shape index (κ1) is 14.0. The fraction of sp³-hybridized carbons (Fsp3) is 0.500. The quantitative estimate of drug-likeness (QED) is 0.609. The van der Waals surface area contributed by atoms with Gasteiger partial charge in [-0.15, -0.1) is 11.6 Å². The van der Waals surface area contributed by atoms with Crippen LogP contribution >= 0.6 is 11.6 Å². The lowest BCUT2D eigenvalue weighted by Gasteiger charge is -2.16. The lowest BCUT2D eigenvalue weighted by Crippen LogP contribution is -2.26. The molecule has 0 spiro atoms. The van der Waals surface area contributed by atoms with Gasteiger partial charge in [0, 0.05) is 12.3 Å². The fourth-order valence-corrected chi connectivity index (χ4v) is 2.03. The van der Waals surface area contributed by atoms with E-state index >= 15 is 0 Å². The monoisotopic (exact) mass is 253 g/mol. The van der Waals surface area contributed by atoms with Crippen molar-refractivity contribution in [2.24, 2.45) is 0 Å². The molecular weight excluding hydrogens is 234 g/mol. The normalized spacial score (nSPS) is 12.2. The molecule has 2 nitrogen and oxygen atoms in total. The third-order valence-electron chi connectivity index (χ3n) is 2.82. The zero-order chi connectivity index (χ0) is 12.7. The molecule has 0 aliphatic heterocycles. The smallest absolute Gasteiger partial charge is 0.220 e. The number of unbranched alkanes of at least 4 members (excludes halogenated alkanes) is 1. The van der Waals surface area contributed by atoms with Gasteiger partial charge < -0.3 is 5.32 Å². The molecule has 1 unspecified atom stereocenters. The number of alkyl halides is 1. The van der Waals surface area contributed by atoms with E-state index in [2.05, 4.69) is 24.4 Å². The number of rotatable bonds is 6. The van der Waals surface area contributed by atoms with E-state index < -0.39 is 0 Å². The predicted molar refractivity (Wildman–Crippen MR) is 72.3 cm³/mol. The number of nitrogens with one attached hydrogen (secondary N) is 1. The molecule has 0 radical (unpaired) electrons. The van der Waals surface area contributed by atoms with Crippen molar-refractivity contribution >= 4 is 17.5 Å². The summed E-state index contributed by atoms with van der Waals surface area (Å²) >= 11 is 5.58. The standard InChI is InChI=1S/C14H20ClNO/c1-11-7-3-4-8-13(11)12(2)16-14(17)9-5-6-10-15/h3-4,7-8,12H,5-6,9-10H2,1-2H3,(H,16,17). The maximum Gasteiger partial charge on any atom is 0.220 e. The first-order valence-corrected chi connectivity index (χ1v) is 6.59. The Morgan fingerprint density at radius 2 is 2.06 bits per heavy atom. The van der Waals surface area contributed by atoms with Crippen LogP contribution in [0.5, 0.6) is 0 Å². The highest BCUT2D eigenvalue weighted by Gasteiger charge is 2.10. The first-order valence-electron chi connectivity index (χ1n) is 6.06. The molecule has 0 fully saturated rings. The molecule has 1 aromatic carbocycles. The maximum atomic E-state index is 11.7. The SMILES string of the molecule is Cc1ccccc1C(C)NC(=O)CCCCCl. The average Bonchev–Trinajstić information content (AvgIpc) is 2.29. The molecule has 0 heterocycles. The minimum atomic E-state index is 0.0692. The van der Waals surface area contributed by atoms with Crippen molar-refractivity contribution < 1.29 is 4.79 Å². The highest BCUT2D eigenvalue weighted by Crippen LogP contribution is 2.16. The summed E-state index contributed by atoms with van der Waals surface area (Å²) in [4.78, 5) is 11.7. The Bertz CT molecular complexity index is 365. The molecule has 1 atom stereocenters. The molecule has 0 aliphatic carbocycles. The Hall–Kier alpha value is -1.02. The largest absolute Gasteiger partial charge is 0.350 e. The number of aryl methyl sites for hydroxylation is 1. The third kappa shape index (κ3) is 4.78. The van der Waals surface area contributed by atoms with Gasteiger partial charge in [0.1, 0.15) is 0 Å². The summed E-state index contributed by atoms with van der Waals surface area (Å²) in [6, 6.07) is 8.19. The van der Waals surface area contributed by atoms with Crippen molar-refractivity contribution in [2.45, 2.75) is 39.2 Å². The number of carbonyl (C=O) groups is 1. The summed E-state index contributed by atoms with van der Waals surface area (Å²) in [5.74, 6) is 0.728. The Balaban J connectivity index is 2.46.